The lowest BCUT2D eigenvalue weighted by Crippen LogP contribution is -2.23. The normalized spacial score (nSPS) is 18.8. The van der Waals surface area contributed by atoms with Crippen LogP contribution in [-0.4, -0.2) is 28.1 Å². The largest absolute Gasteiger partial charge is 0.478 e. The van der Waals surface area contributed by atoms with Gasteiger partial charge in [-0.1, -0.05) is 0 Å². The van der Waals surface area contributed by atoms with E-state index >= 15 is 0 Å². The molecule has 2 amide bonds. The predicted octanol–water partition coefficient (Wildman–Crippen LogP) is 1.03. The van der Waals surface area contributed by atoms with Crippen molar-refractivity contribution in [1.29, 1.82) is 0 Å². The van der Waals surface area contributed by atoms with Gasteiger partial charge in [0.1, 0.15) is 5.82 Å². The first-order chi connectivity index (χ1) is 8.47. The van der Waals surface area contributed by atoms with Gasteiger partial charge in [-0.15, -0.1) is 11.8 Å². The van der Waals surface area contributed by atoms with Crippen molar-refractivity contribution in [2.24, 2.45) is 0 Å². The average Bonchev–Trinajstić information content (AvgIpc) is 2.60. The molecule has 1 unspecified atom stereocenters. The van der Waals surface area contributed by atoms with Crippen LogP contribution in [0.25, 0.3) is 0 Å². The standard InChI is InChI=1S/C11H8FNO4S/c12-7-2-1-5(3-6(7)11(16)17)18-8-4-9(14)13-10(8)15/h1-3,8H,4H2,(H,16,17)(H,13,14,15). The van der Waals surface area contributed by atoms with Crippen LogP contribution >= 0.6 is 11.8 Å². The van der Waals surface area contributed by atoms with Gasteiger partial charge in [-0.25, -0.2) is 9.18 Å². The molecule has 1 aliphatic heterocycles. The Morgan fingerprint density at radius 2 is 2.17 bits per heavy atom. The minimum absolute atomic E-state index is 0.0449. The van der Waals surface area contributed by atoms with Crippen molar-refractivity contribution in [1.82, 2.24) is 5.32 Å². The molecule has 7 heteroatoms. The first-order valence-electron chi connectivity index (χ1n) is 5.00. The molecule has 0 radical (unpaired) electrons. The zero-order valence-corrected chi connectivity index (χ0v) is 9.79. The average molecular weight is 269 g/mol. The van der Waals surface area contributed by atoms with Crippen molar-refractivity contribution in [3.8, 4) is 0 Å². The van der Waals surface area contributed by atoms with E-state index in [0.29, 0.717) is 4.90 Å². The molecule has 0 spiro atoms. The highest BCUT2D eigenvalue weighted by Gasteiger charge is 2.31. The molecule has 1 atom stereocenters. The molecule has 18 heavy (non-hydrogen) atoms. The predicted molar refractivity (Wildman–Crippen MR) is 60.8 cm³/mol. The molecule has 1 heterocycles. The molecule has 0 aliphatic carbocycles. The molecule has 94 valence electrons. The summed E-state index contributed by atoms with van der Waals surface area (Å²) >= 11 is 1.04. The number of aromatic carboxylic acids is 1. The number of thioether (sulfide) groups is 1. The van der Waals surface area contributed by atoms with Crippen LogP contribution in [0.5, 0.6) is 0 Å². The van der Waals surface area contributed by atoms with Gasteiger partial charge in [0.25, 0.3) is 0 Å². The number of carboxylic acid groups (broad SMARTS) is 1. The third kappa shape index (κ3) is 2.51. The Morgan fingerprint density at radius 3 is 2.72 bits per heavy atom. The molecule has 2 N–H and O–H groups in total. The van der Waals surface area contributed by atoms with Crippen LogP contribution in [0.1, 0.15) is 16.8 Å². The molecule has 0 aromatic heterocycles. The fraction of sp³-hybridized carbons (Fsp3) is 0.182. The summed E-state index contributed by atoms with van der Waals surface area (Å²) in [5, 5.41) is 10.3. The molecule has 0 bridgehead atoms. The van der Waals surface area contributed by atoms with Crippen LogP contribution in [0, 0.1) is 5.82 Å². The molecule has 1 fully saturated rings. The number of carbonyl (C=O) groups excluding carboxylic acids is 2. The number of benzene rings is 1. The van der Waals surface area contributed by atoms with Crippen LogP contribution in [0.4, 0.5) is 4.39 Å². The van der Waals surface area contributed by atoms with Gasteiger partial charge in [-0.3, -0.25) is 14.9 Å². The third-order valence-electron chi connectivity index (χ3n) is 2.37. The van der Waals surface area contributed by atoms with E-state index in [9.17, 15) is 18.8 Å². The van der Waals surface area contributed by atoms with Crippen LogP contribution in [0.3, 0.4) is 0 Å². The molecule has 5 nitrogen and oxygen atoms in total. The molecular weight excluding hydrogens is 261 g/mol. The lowest BCUT2D eigenvalue weighted by atomic mass is 10.2. The number of rotatable bonds is 3. The van der Waals surface area contributed by atoms with Gasteiger partial charge in [-0.05, 0) is 18.2 Å². The van der Waals surface area contributed by atoms with Crippen LogP contribution < -0.4 is 5.32 Å². The first kappa shape index (κ1) is 12.6. The summed E-state index contributed by atoms with van der Waals surface area (Å²) in [4.78, 5) is 33.5. The number of carbonyl (C=O) groups is 3. The quantitative estimate of drug-likeness (QED) is 0.801. The van der Waals surface area contributed by atoms with Gasteiger partial charge >= 0.3 is 5.97 Å². The second-order valence-corrected chi connectivity index (χ2v) is 4.95. The van der Waals surface area contributed by atoms with Crippen LogP contribution in [-0.2, 0) is 9.59 Å². The topological polar surface area (TPSA) is 83.5 Å². The first-order valence-corrected chi connectivity index (χ1v) is 5.88. The van der Waals surface area contributed by atoms with Crippen molar-refractivity contribution in [2.45, 2.75) is 16.6 Å². The molecule has 1 aromatic carbocycles. The summed E-state index contributed by atoms with van der Waals surface area (Å²) in [6.07, 6.45) is 0.0449. The minimum atomic E-state index is -1.37. The van der Waals surface area contributed by atoms with Gasteiger partial charge < -0.3 is 5.11 Å². The Morgan fingerprint density at radius 1 is 1.44 bits per heavy atom. The van der Waals surface area contributed by atoms with Crippen molar-refractivity contribution < 1.29 is 23.9 Å². The summed E-state index contributed by atoms with van der Waals surface area (Å²) in [5.41, 5.74) is -0.454. The molecule has 2 rings (SSSR count). The van der Waals surface area contributed by atoms with Gasteiger partial charge in [0.2, 0.25) is 11.8 Å². The summed E-state index contributed by atoms with van der Waals surface area (Å²) in [5.74, 6) is -2.98. The van der Waals surface area contributed by atoms with E-state index in [-0.39, 0.29) is 12.3 Å². The van der Waals surface area contributed by atoms with E-state index in [1.165, 1.54) is 6.07 Å². The lowest BCUT2D eigenvalue weighted by Gasteiger charge is -2.07. The molecular formula is C11H8FNO4S. The number of imide groups is 1. The fourth-order valence-corrected chi connectivity index (χ4v) is 2.59. The molecule has 1 aliphatic rings. The van der Waals surface area contributed by atoms with Crippen LogP contribution in [0.15, 0.2) is 23.1 Å². The number of carboxylic acids is 1. The monoisotopic (exact) mass is 269 g/mol. The van der Waals surface area contributed by atoms with Crippen molar-refractivity contribution in [3.05, 3.63) is 29.6 Å². The van der Waals surface area contributed by atoms with Crippen molar-refractivity contribution >= 4 is 29.5 Å². The number of hydrogen-bond acceptors (Lipinski definition) is 4. The molecule has 0 saturated carbocycles. The Labute approximate surface area is 105 Å². The van der Waals surface area contributed by atoms with Gasteiger partial charge in [0.15, 0.2) is 0 Å². The van der Waals surface area contributed by atoms with Crippen molar-refractivity contribution in [2.75, 3.05) is 0 Å². The van der Waals surface area contributed by atoms with E-state index in [0.717, 1.165) is 23.9 Å². The highest BCUT2D eigenvalue weighted by atomic mass is 32.2. The van der Waals surface area contributed by atoms with Crippen molar-refractivity contribution in [3.63, 3.8) is 0 Å². The second kappa shape index (κ2) is 4.77. The summed E-state index contributed by atoms with van der Waals surface area (Å²) in [6, 6.07) is 3.56. The van der Waals surface area contributed by atoms with E-state index in [4.69, 9.17) is 5.11 Å². The Balaban J connectivity index is 2.20. The maximum absolute atomic E-state index is 13.1. The smallest absolute Gasteiger partial charge is 0.338 e. The van der Waals surface area contributed by atoms with E-state index < -0.39 is 28.5 Å². The highest BCUT2D eigenvalue weighted by molar-refractivity contribution is 8.00. The Bertz CT molecular complexity index is 546. The molecule has 1 aromatic rings. The van der Waals surface area contributed by atoms with E-state index in [1.807, 2.05) is 0 Å². The van der Waals surface area contributed by atoms with Crippen LogP contribution in [0.2, 0.25) is 0 Å². The summed E-state index contributed by atoms with van der Waals surface area (Å²) < 4.78 is 13.1. The van der Waals surface area contributed by atoms with Gasteiger partial charge in [-0.2, -0.15) is 0 Å². The lowest BCUT2D eigenvalue weighted by molar-refractivity contribution is -0.124. The Kier molecular flexibility index (Phi) is 3.33. The minimum Gasteiger partial charge on any atom is -0.478 e. The second-order valence-electron chi connectivity index (χ2n) is 3.67. The number of nitrogens with one attached hydrogen (secondary N) is 1. The summed E-state index contributed by atoms with van der Waals surface area (Å²) in [6.45, 7) is 0. The maximum Gasteiger partial charge on any atom is 0.338 e. The van der Waals surface area contributed by atoms with Gasteiger partial charge in [0.05, 0.1) is 10.8 Å². The zero-order valence-electron chi connectivity index (χ0n) is 8.97. The number of amides is 2. The maximum atomic E-state index is 13.1. The van der Waals surface area contributed by atoms with Gasteiger partial charge in [0, 0.05) is 11.3 Å². The highest BCUT2D eigenvalue weighted by Crippen LogP contribution is 2.29. The zero-order chi connectivity index (χ0) is 13.3. The SMILES string of the molecule is O=C1CC(Sc2ccc(F)c(C(=O)O)c2)C(=O)N1. The van der Waals surface area contributed by atoms with E-state index in [2.05, 4.69) is 5.32 Å². The number of halogens is 1. The number of hydrogen-bond donors (Lipinski definition) is 2. The van der Waals surface area contributed by atoms with E-state index in [1.54, 1.807) is 0 Å². The Hall–Kier alpha value is -1.89. The third-order valence-corrected chi connectivity index (χ3v) is 3.56. The summed E-state index contributed by atoms with van der Waals surface area (Å²) in [7, 11) is 0. The fourth-order valence-electron chi connectivity index (χ4n) is 1.53. The molecule has 1 saturated heterocycles.